The predicted octanol–water partition coefficient (Wildman–Crippen LogP) is 5.24. The fourth-order valence-corrected chi connectivity index (χ4v) is 5.69. The first-order chi connectivity index (χ1) is 25.1. The molecule has 0 radical (unpaired) electrons. The first kappa shape index (κ1) is 40.4. The monoisotopic (exact) mass is 732 g/mol. The van der Waals surface area contributed by atoms with Crippen LogP contribution in [0.3, 0.4) is 0 Å². The third kappa shape index (κ3) is 12.7. The molecule has 0 unspecified atom stereocenters. The molecule has 1 saturated carbocycles. The first-order valence-corrected chi connectivity index (χ1v) is 17.1. The van der Waals surface area contributed by atoms with Gasteiger partial charge in [0.25, 0.3) is 6.43 Å². The Kier molecular flexibility index (Phi) is 16.0. The SMILES string of the molecule is Cc1cc(Nc2cc(C(F)F)ccn2)nc(-c2ccc([C@](C)(O)C3CCC(C(=O)OCOC(=O)OCCOCCOCCOCCO)CC3)nc2)c1. The number of anilines is 2. The Hall–Kier alpha value is -4.35. The molecule has 1 atom stereocenters. The number of aliphatic hydroxyl groups excluding tert-OH is 1. The molecule has 0 aromatic carbocycles. The fourth-order valence-electron chi connectivity index (χ4n) is 5.69. The van der Waals surface area contributed by atoms with Crippen LogP contribution in [0.4, 0.5) is 25.2 Å². The van der Waals surface area contributed by atoms with Crippen molar-refractivity contribution < 1.29 is 57.0 Å². The predicted molar refractivity (Wildman–Crippen MR) is 183 cm³/mol. The largest absolute Gasteiger partial charge is 0.511 e. The minimum Gasteiger partial charge on any atom is -0.432 e. The van der Waals surface area contributed by atoms with Crippen molar-refractivity contribution in [3.63, 3.8) is 0 Å². The average molecular weight is 733 g/mol. The van der Waals surface area contributed by atoms with Crippen LogP contribution in [0.1, 0.15) is 55.9 Å². The molecule has 284 valence electrons. The van der Waals surface area contributed by atoms with Gasteiger partial charge in [-0.2, -0.15) is 0 Å². The van der Waals surface area contributed by atoms with Gasteiger partial charge in [0, 0.05) is 23.5 Å². The maximum absolute atomic E-state index is 13.1. The smallest absolute Gasteiger partial charge is 0.432 e. The molecule has 1 aliphatic rings. The number of hydrogen-bond donors (Lipinski definition) is 3. The van der Waals surface area contributed by atoms with Gasteiger partial charge in [0.15, 0.2) is 0 Å². The zero-order valence-electron chi connectivity index (χ0n) is 29.3. The molecule has 1 fully saturated rings. The van der Waals surface area contributed by atoms with Crippen LogP contribution in [0, 0.1) is 18.8 Å². The number of alkyl halides is 2. The highest BCUT2D eigenvalue weighted by molar-refractivity contribution is 5.72. The molecule has 3 heterocycles. The molecular formula is C36H46F2N4O10. The van der Waals surface area contributed by atoms with Crippen molar-refractivity contribution in [1.29, 1.82) is 0 Å². The second-order valence-electron chi connectivity index (χ2n) is 12.3. The number of aromatic nitrogens is 3. The standard InChI is InChI=1S/C36H46F2N4O10/c1-24-19-29(41-32(20-24)42-31-21-26(33(37)38)9-10-39-31)27-5-8-30(40-22-27)36(2,46)28-6-3-25(4-7-28)34(44)51-23-52-35(45)50-18-17-49-16-15-48-14-13-47-12-11-43/h5,8-10,19-22,25,28,33,43,46H,3-4,6-7,11-18,23H2,1-2H3,(H,39,41,42)/t25?,28?,36-/m1/s1. The molecule has 0 spiro atoms. The van der Waals surface area contributed by atoms with Crippen molar-refractivity contribution in [2.45, 2.75) is 51.6 Å². The van der Waals surface area contributed by atoms with Gasteiger partial charge in [-0.15, -0.1) is 0 Å². The highest BCUT2D eigenvalue weighted by atomic mass is 19.3. The van der Waals surface area contributed by atoms with Gasteiger partial charge in [-0.3, -0.25) is 9.78 Å². The molecule has 0 amide bonds. The summed E-state index contributed by atoms with van der Waals surface area (Å²) in [6.45, 7) is 4.73. The van der Waals surface area contributed by atoms with E-state index in [-0.39, 0.29) is 43.7 Å². The topological polar surface area (TPSA) is 181 Å². The lowest BCUT2D eigenvalue weighted by Crippen LogP contribution is -2.37. The Bertz CT molecular complexity index is 1560. The molecular weight excluding hydrogens is 686 g/mol. The van der Waals surface area contributed by atoms with Gasteiger partial charge in [-0.25, -0.2) is 23.5 Å². The highest BCUT2D eigenvalue weighted by Crippen LogP contribution is 2.41. The summed E-state index contributed by atoms with van der Waals surface area (Å²) in [5, 5.41) is 23.1. The van der Waals surface area contributed by atoms with Crippen molar-refractivity contribution >= 4 is 23.8 Å². The summed E-state index contributed by atoms with van der Waals surface area (Å²) < 4.78 is 56.7. The lowest BCUT2D eigenvalue weighted by molar-refractivity contribution is -0.160. The van der Waals surface area contributed by atoms with Gasteiger partial charge in [0.05, 0.1) is 63.6 Å². The minimum absolute atomic E-state index is 0.0387. The van der Waals surface area contributed by atoms with E-state index in [9.17, 15) is 23.5 Å². The number of hydrogen-bond acceptors (Lipinski definition) is 14. The van der Waals surface area contributed by atoms with E-state index in [1.54, 1.807) is 25.3 Å². The molecule has 4 rings (SSSR count). The Morgan fingerprint density at radius 1 is 0.885 bits per heavy atom. The van der Waals surface area contributed by atoms with E-state index in [2.05, 4.69) is 20.3 Å². The molecule has 14 nitrogen and oxygen atoms in total. The molecule has 0 aliphatic heterocycles. The van der Waals surface area contributed by atoms with E-state index in [1.165, 1.54) is 18.3 Å². The van der Waals surface area contributed by atoms with Crippen molar-refractivity contribution in [3.8, 4) is 11.3 Å². The molecule has 3 N–H and O–H groups in total. The number of nitrogens with zero attached hydrogens (tertiary/aromatic N) is 3. The quantitative estimate of drug-likeness (QED) is 0.0780. The van der Waals surface area contributed by atoms with Crippen LogP contribution in [-0.2, 0) is 38.8 Å². The highest BCUT2D eigenvalue weighted by Gasteiger charge is 2.39. The van der Waals surface area contributed by atoms with E-state index in [1.807, 2.05) is 19.1 Å². The van der Waals surface area contributed by atoms with Gasteiger partial charge < -0.3 is 44.0 Å². The normalized spacial score (nSPS) is 17.0. The third-order valence-corrected chi connectivity index (χ3v) is 8.50. The summed E-state index contributed by atoms with van der Waals surface area (Å²) in [7, 11) is 0. The van der Waals surface area contributed by atoms with Gasteiger partial charge in [0.2, 0.25) is 6.79 Å². The van der Waals surface area contributed by atoms with Crippen LogP contribution in [0.2, 0.25) is 0 Å². The maximum Gasteiger partial charge on any atom is 0.511 e. The number of pyridine rings is 3. The average Bonchev–Trinajstić information content (AvgIpc) is 3.13. The fraction of sp³-hybridized carbons (Fsp3) is 0.528. The summed E-state index contributed by atoms with van der Waals surface area (Å²) in [5.41, 5.74) is 1.26. The zero-order chi connectivity index (χ0) is 37.3. The van der Waals surface area contributed by atoms with Crippen LogP contribution in [0.5, 0.6) is 0 Å². The maximum atomic E-state index is 13.1. The number of esters is 1. The number of carbonyl (C=O) groups excluding carboxylic acids is 2. The Balaban J connectivity index is 1.16. The van der Waals surface area contributed by atoms with Gasteiger partial charge in [-0.05, 0) is 87.4 Å². The number of ether oxygens (including phenoxy) is 6. The third-order valence-electron chi connectivity index (χ3n) is 8.50. The van der Waals surface area contributed by atoms with Gasteiger partial charge in [-0.1, -0.05) is 0 Å². The van der Waals surface area contributed by atoms with Crippen LogP contribution >= 0.6 is 0 Å². The second kappa shape index (κ2) is 20.6. The van der Waals surface area contributed by atoms with E-state index < -0.39 is 36.9 Å². The van der Waals surface area contributed by atoms with Crippen LogP contribution < -0.4 is 5.32 Å². The van der Waals surface area contributed by atoms with Crippen molar-refractivity contribution in [1.82, 2.24) is 15.0 Å². The number of rotatable bonds is 20. The molecule has 0 saturated heterocycles. The summed E-state index contributed by atoms with van der Waals surface area (Å²) in [6, 6.07) is 9.74. The van der Waals surface area contributed by atoms with Gasteiger partial charge >= 0.3 is 12.1 Å². The number of halogens is 2. The van der Waals surface area contributed by atoms with E-state index >= 15 is 0 Å². The number of carbonyl (C=O) groups is 2. The Morgan fingerprint density at radius 3 is 2.23 bits per heavy atom. The lowest BCUT2D eigenvalue weighted by atomic mass is 9.73. The Morgan fingerprint density at radius 2 is 1.58 bits per heavy atom. The van der Waals surface area contributed by atoms with Gasteiger partial charge in [0.1, 0.15) is 23.8 Å². The Labute approximate surface area is 300 Å². The van der Waals surface area contributed by atoms with E-state index in [0.717, 1.165) is 5.56 Å². The first-order valence-electron chi connectivity index (χ1n) is 17.1. The number of nitrogens with one attached hydrogen (secondary N) is 1. The second-order valence-corrected chi connectivity index (χ2v) is 12.3. The molecule has 16 heteroatoms. The summed E-state index contributed by atoms with van der Waals surface area (Å²) in [6.07, 6.45) is 1.40. The minimum atomic E-state index is -2.62. The molecule has 3 aromatic heterocycles. The number of aliphatic hydroxyl groups is 2. The van der Waals surface area contributed by atoms with E-state index in [4.69, 9.17) is 33.5 Å². The van der Waals surface area contributed by atoms with Crippen LogP contribution in [0.25, 0.3) is 11.3 Å². The molecule has 0 bridgehead atoms. The van der Waals surface area contributed by atoms with Crippen molar-refractivity contribution in [3.05, 3.63) is 65.6 Å². The number of aryl methyl sites for hydroxylation is 1. The van der Waals surface area contributed by atoms with Crippen LogP contribution in [0.15, 0.2) is 48.8 Å². The van der Waals surface area contributed by atoms with E-state index in [0.29, 0.717) is 74.9 Å². The summed E-state index contributed by atoms with van der Waals surface area (Å²) in [4.78, 5) is 37.6. The van der Waals surface area contributed by atoms with Crippen molar-refractivity contribution in [2.75, 3.05) is 65.0 Å². The summed E-state index contributed by atoms with van der Waals surface area (Å²) >= 11 is 0. The molecule has 52 heavy (non-hydrogen) atoms. The molecule has 3 aromatic rings. The summed E-state index contributed by atoms with van der Waals surface area (Å²) in [5.74, 6) is -0.369. The van der Waals surface area contributed by atoms with Crippen molar-refractivity contribution in [2.24, 2.45) is 11.8 Å². The van der Waals surface area contributed by atoms with Crippen LogP contribution in [-0.4, -0.2) is 96.9 Å². The zero-order valence-corrected chi connectivity index (χ0v) is 29.3. The lowest BCUT2D eigenvalue weighted by Gasteiger charge is -2.37. The molecule has 1 aliphatic carbocycles.